The van der Waals surface area contributed by atoms with Crippen molar-refractivity contribution < 1.29 is 23.8 Å². The summed E-state index contributed by atoms with van der Waals surface area (Å²) in [5.41, 5.74) is 2.38. The summed E-state index contributed by atoms with van der Waals surface area (Å²) in [5.74, 6) is -0.960. The molecule has 0 radical (unpaired) electrons. The minimum atomic E-state index is -1.10. The molecule has 0 fully saturated rings. The number of carboxylic acids is 1. The Morgan fingerprint density at radius 3 is 2.65 bits per heavy atom. The van der Waals surface area contributed by atoms with Gasteiger partial charge in [0.05, 0.1) is 7.11 Å². The number of rotatable bonds is 6. The third-order valence-electron chi connectivity index (χ3n) is 4.24. The Hall–Kier alpha value is -3.28. The monoisotopic (exact) mass is 353 g/mol. The molecule has 1 atom stereocenters. The van der Waals surface area contributed by atoms with Gasteiger partial charge in [-0.15, -0.1) is 0 Å². The number of aliphatic carboxylic acids is 1. The Balaban J connectivity index is 1.80. The summed E-state index contributed by atoms with van der Waals surface area (Å²) < 4.78 is 10.7. The third kappa shape index (κ3) is 3.69. The molecular formula is C20H19NO5. The number of hydrogen-bond acceptors (Lipinski definition) is 4. The molecule has 6 nitrogen and oxygen atoms in total. The highest BCUT2D eigenvalue weighted by molar-refractivity contribution is 5.98. The summed E-state index contributed by atoms with van der Waals surface area (Å²) >= 11 is 0. The highest BCUT2D eigenvalue weighted by Crippen LogP contribution is 2.24. The zero-order valence-electron chi connectivity index (χ0n) is 14.5. The van der Waals surface area contributed by atoms with E-state index >= 15 is 0 Å². The highest BCUT2D eigenvalue weighted by atomic mass is 16.5. The van der Waals surface area contributed by atoms with E-state index in [-0.39, 0.29) is 12.2 Å². The molecular weight excluding hydrogens is 334 g/mol. The van der Waals surface area contributed by atoms with Crippen molar-refractivity contribution >= 4 is 22.8 Å². The van der Waals surface area contributed by atoms with E-state index in [1.54, 1.807) is 31.4 Å². The maximum absolute atomic E-state index is 12.5. The summed E-state index contributed by atoms with van der Waals surface area (Å²) in [7, 11) is 1.55. The van der Waals surface area contributed by atoms with Crippen molar-refractivity contribution in [1.29, 1.82) is 0 Å². The third-order valence-corrected chi connectivity index (χ3v) is 4.24. The number of ether oxygens (including phenoxy) is 1. The fraction of sp³-hybridized carbons (Fsp3) is 0.200. The summed E-state index contributed by atoms with van der Waals surface area (Å²) in [6, 6.07) is 13.2. The number of carboxylic acid groups (broad SMARTS) is 1. The predicted octanol–water partition coefficient (Wildman–Crippen LogP) is 3.18. The van der Waals surface area contributed by atoms with Gasteiger partial charge in [-0.3, -0.25) is 4.79 Å². The molecule has 1 aromatic heterocycles. The zero-order chi connectivity index (χ0) is 18.7. The van der Waals surface area contributed by atoms with Crippen LogP contribution in [0.4, 0.5) is 0 Å². The first kappa shape index (κ1) is 17.5. The van der Waals surface area contributed by atoms with Crippen molar-refractivity contribution in [2.75, 3.05) is 7.11 Å². The van der Waals surface area contributed by atoms with Crippen LogP contribution in [0.2, 0.25) is 0 Å². The van der Waals surface area contributed by atoms with Crippen molar-refractivity contribution in [2.45, 2.75) is 19.4 Å². The van der Waals surface area contributed by atoms with Gasteiger partial charge in [-0.1, -0.05) is 24.3 Å². The van der Waals surface area contributed by atoms with Crippen molar-refractivity contribution in [1.82, 2.24) is 5.32 Å². The van der Waals surface area contributed by atoms with Gasteiger partial charge in [0.15, 0.2) is 5.76 Å². The summed E-state index contributed by atoms with van der Waals surface area (Å²) in [6.07, 6.45) is 0.196. The first-order chi connectivity index (χ1) is 12.5. The van der Waals surface area contributed by atoms with Crippen LogP contribution in [0.5, 0.6) is 5.75 Å². The molecule has 1 unspecified atom stereocenters. The van der Waals surface area contributed by atoms with E-state index in [1.807, 2.05) is 31.2 Å². The lowest BCUT2D eigenvalue weighted by Gasteiger charge is -2.15. The molecule has 3 aromatic rings. The molecule has 134 valence electrons. The molecule has 6 heteroatoms. The molecule has 2 N–H and O–H groups in total. The van der Waals surface area contributed by atoms with E-state index in [1.165, 1.54) is 0 Å². The second kappa shape index (κ2) is 7.31. The number of fused-ring (bicyclic) bond motifs is 1. The Morgan fingerprint density at radius 1 is 1.19 bits per heavy atom. The molecule has 1 amide bonds. The standard InChI is InChI=1S/C20H19NO5/c1-12-5-3-4-6-13(12)10-16(20(23)24)21-19(22)18-11-14-9-15(25-2)7-8-17(14)26-18/h3-9,11,16H,10H2,1-2H3,(H,21,22)(H,23,24). The molecule has 0 aliphatic carbocycles. The SMILES string of the molecule is COc1ccc2oc(C(=O)NC(Cc3ccccc3C)C(=O)O)cc2c1. The predicted molar refractivity (Wildman–Crippen MR) is 96.5 cm³/mol. The molecule has 1 heterocycles. The lowest BCUT2D eigenvalue weighted by molar-refractivity contribution is -0.139. The van der Waals surface area contributed by atoms with Crippen LogP contribution in [0.25, 0.3) is 11.0 Å². The molecule has 26 heavy (non-hydrogen) atoms. The van der Waals surface area contributed by atoms with Gasteiger partial charge in [-0.05, 0) is 42.3 Å². The Labute approximate surface area is 150 Å². The number of aryl methyl sites for hydroxylation is 1. The van der Waals surface area contributed by atoms with Gasteiger partial charge in [-0.2, -0.15) is 0 Å². The second-order valence-corrected chi connectivity index (χ2v) is 6.01. The smallest absolute Gasteiger partial charge is 0.326 e. The van der Waals surface area contributed by atoms with Crippen LogP contribution < -0.4 is 10.1 Å². The first-order valence-electron chi connectivity index (χ1n) is 8.13. The van der Waals surface area contributed by atoms with Crippen LogP contribution in [0.3, 0.4) is 0 Å². The van der Waals surface area contributed by atoms with E-state index in [2.05, 4.69) is 5.32 Å². The lowest BCUT2D eigenvalue weighted by Crippen LogP contribution is -2.42. The van der Waals surface area contributed by atoms with Crippen molar-refractivity contribution in [2.24, 2.45) is 0 Å². The van der Waals surface area contributed by atoms with Crippen LogP contribution in [0.1, 0.15) is 21.7 Å². The molecule has 3 rings (SSSR count). The summed E-state index contributed by atoms with van der Waals surface area (Å²) in [5, 5.41) is 12.7. The van der Waals surface area contributed by atoms with E-state index in [0.29, 0.717) is 16.7 Å². The van der Waals surface area contributed by atoms with Crippen molar-refractivity contribution in [3.05, 3.63) is 65.4 Å². The Kier molecular flexibility index (Phi) is 4.93. The number of amides is 1. The fourth-order valence-corrected chi connectivity index (χ4v) is 2.75. The van der Waals surface area contributed by atoms with Gasteiger partial charge in [0, 0.05) is 11.8 Å². The number of benzene rings is 2. The molecule has 0 aliphatic heterocycles. The molecule has 0 saturated carbocycles. The average molecular weight is 353 g/mol. The van der Waals surface area contributed by atoms with Crippen LogP contribution in [0, 0.1) is 6.92 Å². The largest absolute Gasteiger partial charge is 0.497 e. The molecule has 0 spiro atoms. The zero-order valence-corrected chi connectivity index (χ0v) is 14.5. The maximum Gasteiger partial charge on any atom is 0.326 e. The van der Waals surface area contributed by atoms with E-state index < -0.39 is 17.9 Å². The van der Waals surface area contributed by atoms with Gasteiger partial charge >= 0.3 is 5.97 Å². The van der Waals surface area contributed by atoms with Crippen LogP contribution in [-0.2, 0) is 11.2 Å². The quantitative estimate of drug-likeness (QED) is 0.710. The van der Waals surface area contributed by atoms with Crippen molar-refractivity contribution in [3.8, 4) is 5.75 Å². The first-order valence-corrected chi connectivity index (χ1v) is 8.13. The number of hydrogen-bond donors (Lipinski definition) is 2. The molecule has 2 aromatic carbocycles. The number of carbonyl (C=O) groups excluding carboxylic acids is 1. The van der Waals surface area contributed by atoms with Crippen molar-refractivity contribution in [3.63, 3.8) is 0 Å². The van der Waals surface area contributed by atoms with Gasteiger partial charge < -0.3 is 19.6 Å². The Bertz CT molecular complexity index is 960. The topological polar surface area (TPSA) is 88.8 Å². The van der Waals surface area contributed by atoms with Crippen LogP contribution >= 0.6 is 0 Å². The van der Waals surface area contributed by atoms with E-state index in [9.17, 15) is 14.7 Å². The van der Waals surface area contributed by atoms with E-state index in [4.69, 9.17) is 9.15 Å². The Morgan fingerprint density at radius 2 is 1.96 bits per heavy atom. The normalized spacial score (nSPS) is 11.9. The van der Waals surface area contributed by atoms with Gasteiger partial charge in [0.2, 0.25) is 0 Å². The number of methoxy groups -OCH3 is 1. The summed E-state index contributed by atoms with van der Waals surface area (Å²) in [6.45, 7) is 1.91. The minimum Gasteiger partial charge on any atom is -0.497 e. The number of nitrogens with one attached hydrogen (secondary N) is 1. The molecule has 0 saturated heterocycles. The average Bonchev–Trinajstić information content (AvgIpc) is 3.06. The van der Waals surface area contributed by atoms with Gasteiger partial charge in [0.25, 0.3) is 5.91 Å². The highest BCUT2D eigenvalue weighted by Gasteiger charge is 2.23. The van der Waals surface area contributed by atoms with Crippen LogP contribution in [0.15, 0.2) is 52.9 Å². The second-order valence-electron chi connectivity index (χ2n) is 6.01. The van der Waals surface area contributed by atoms with Crippen LogP contribution in [-0.4, -0.2) is 30.1 Å². The number of carbonyl (C=O) groups is 2. The van der Waals surface area contributed by atoms with E-state index in [0.717, 1.165) is 11.1 Å². The maximum atomic E-state index is 12.5. The fourth-order valence-electron chi connectivity index (χ4n) is 2.75. The molecule has 0 bridgehead atoms. The van der Waals surface area contributed by atoms with Gasteiger partial charge in [-0.25, -0.2) is 4.79 Å². The number of furan rings is 1. The van der Waals surface area contributed by atoms with Gasteiger partial charge in [0.1, 0.15) is 17.4 Å². The minimum absolute atomic E-state index is 0.0595. The summed E-state index contributed by atoms with van der Waals surface area (Å²) in [4.78, 5) is 24.0. The molecule has 0 aliphatic rings. The lowest BCUT2D eigenvalue weighted by atomic mass is 10.0.